The van der Waals surface area contributed by atoms with Gasteiger partial charge in [0, 0.05) is 20.1 Å². The number of carbonyl (C=O) groups excluding carboxylic acids is 1. The Bertz CT molecular complexity index is 632. The van der Waals surface area contributed by atoms with Crippen LogP contribution in [0.1, 0.15) is 30.8 Å². The van der Waals surface area contributed by atoms with E-state index in [2.05, 4.69) is 21.3 Å². The quantitative estimate of drug-likeness (QED) is 0.915. The summed E-state index contributed by atoms with van der Waals surface area (Å²) in [6, 6.07) is 8.03. The van der Waals surface area contributed by atoms with Crippen molar-refractivity contribution in [2.24, 2.45) is 0 Å². The van der Waals surface area contributed by atoms with Gasteiger partial charge in [0.15, 0.2) is 0 Å². The predicted octanol–water partition coefficient (Wildman–Crippen LogP) is 3.09. The van der Waals surface area contributed by atoms with Crippen LogP contribution in [-0.4, -0.2) is 54.0 Å². The fraction of sp³-hybridized carbons (Fsp3) is 0.529. The first-order valence-corrected chi connectivity index (χ1v) is 9.05. The molecule has 1 saturated heterocycles. The van der Waals surface area contributed by atoms with Crippen LogP contribution in [0, 0.1) is 0 Å². The average molecular weight is 332 g/mol. The minimum Gasteiger partial charge on any atom is -0.337 e. The molecule has 1 N–H and O–H groups in total. The SMILES string of the molecule is C[C@@H](c1nc2ccccc2s1)N(C)C(=O)NCCN1CCCC1. The van der Waals surface area contributed by atoms with Crippen LogP contribution < -0.4 is 5.32 Å². The van der Waals surface area contributed by atoms with Gasteiger partial charge in [-0.15, -0.1) is 11.3 Å². The highest BCUT2D eigenvalue weighted by Crippen LogP contribution is 2.28. The molecule has 0 aliphatic carbocycles. The molecule has 23 heavy (non-hydrogen) atoms. The highest BCUT2D eigenvalue weighted by Gasteiger charge is 2.20. The molecular weight excluding hydrogens is 308 g/mol. The Labute approximate surface area is 141 Å². The molecular formula is C17H24N4OS. The van der Waals surface area contributed by atoms with E-state index in [1.54, 1.807) is 16.2 Å². The molecule has 0 spiro atoms. The number of hydrogen-bond donors (Lipinski definition) is 1. The van der Waals surface area contributed by atoms with Crippen LogP contribution in [0.5, 0.6) is 0 Å². The summed E-state index contributed by atoms with van der Waals surface area (Å²) in [6.45, 7) is 5.99. The highest BCUT2D eigenvalue weighted by atomic mass is 32.1. The Kier molecular flexibility index (Phi) is 5.13. The van der Waals surface area contributed by atoms with E-state index in [0.717, 1.165) is 34.9 Å². The largest absolute Gasteiger partial charge is 0.337 e. The van der Waals surface area contributed by atoms with Crippen molar-refractivity contribution in [1.29, 1.82) is 0 Å². The Balaban J connectivity index is 1.55. The molecule has 0 bridgehead atoms. The van der Waals surface area contributed by atoms with E-state index in [1.807, 2.05) is 32.2 Å². The van der Waals surface area contributed by atoms with E-state index in [0.29, 0.717) is 6.54 Å². The number of amides is 2. The first-order chi connectivity index (χ1) is 11.1. The standard InChI is InChI=1S/C17H24N4OS/c1-13(16-19-14-7-3-4-8-15(14)23-16)20(2)17(22)18-9-12-21-10-5-6-11-21/h3-4,7-8,13H,5-6,9-12H2,1-2H3,(H,18,22)/t13-/m0/s1. The number of nitrogens with zero attached hydrogens (tertiary/aromatic N) is 3. The molecule has 1 aromatic carbocycles. The Morgan fingerprint density at radius 1 is 1.39 bits per heavy atom. The number of aromatic nitrogens is 1. The van der Waals surface area contributed by atoms with Crippen LogP contribution in [0.15, 0.2) is 24.3 Å². The monoisotopic (exact) mass is 332 g/mol. The highest BCUT2D eigenvalue weighted by molar-refractivity contribution is 7.18. The van der Waals surface area contributed by atoms with Gasteiger partial charge in [0.05, 0.1) is 16.3 Å². The van der Waals surface area contributed by atoms with Gasteiger partial charge < -0.3 is 15.1 Å². The van der Waals surface area contributed by atoms with Crippen LogP contribution in [-0.2, 0) is 0 Å². The molecule has 1 fully saturated rings. The maximum absolute atomic E-state index is 12.3. The fourth-order valence-electron chi connectivity index (χ4n) is 2.86. The minimum atomic E-state index is -0.0315. The van der Waals surface area contributed by atoms with Crippen molar-refractivity contribution in [3.05, 3.63) is 29.3 Å². The number of para-hydroxylation sites is 1. The molecule has 2 heterocycles. The number of rotatable bonds is 5. The van der Waals surface area contributed by atoms with Crippen molar-refractivity contribution in [3.8, 4) is 0 Å². The van der Waals surface area contributed by atoms with E-state index < -0.39 is 0 Å². The summed E-state index contributed by atoms with van der Waals surface area (Å²) in [6.07, 6.45) is 2.56. The lowest BCUT2D eigenvalue weighted by molar-refractivity contribution is 0.192. The van der Waals surface area contributed by atoms with Gasteiger partial charge in [0.25, 0.3) is 0 Å². The van der Waals surface area contributed by atoms with Crippen LogP contribution in [0.3, 0.4) is 0 Å². The van der Waals surface area contributed by atoms with Gasteiger partial charge in [-0.2, -0.15) is 0 Å². The zero-order chi connectivity index (χ0) is 16.2. The third-order valence-electron chi connectivity index (χ3n) is 4.47. The molecule has 0 unspecified atom stereocenters. The van der Waals surface area contributed by atoms with Crippen LogP contribution in [0.2, 0.25) is 0 Å². The maximum atomic E-state index is 12.3. The van der Waals surface area contributed by atoms with Crippen molar-refractivity contribution >= 4 is 27.6 Å². The summed E-state index contributed by atoms with van der Waals surface area (Å²) < 4.78 is 1.16. The number of likely N-dealkylation sites (tertiary alicyclic amines) is 1. The molecule has 1 aromatic heterocycles. The second-order valence-electron chi connectivity index (χ2n) is 6.09. The lowest BCUT2D eigenvalue weighted by Gasteiger charge is -2.24. The number of fused-ring (bicyclic) bond motifs is 1. The van der Waals surface area contributed by atoms with E-state index >= 15 is 0 Å². The first kappa shape index (κ1) is 16.2. The Morgan fingerprint density at radius 3 is 2.87 bits per heavy atom. The molecule has 2 aromatic rings. The van der Waals surface area contributed by atoms with E-state index in [1.165, 1.54) is 12.8 Å². The van der Waals surface area contributed by atoms with Gasteiger partial charge >= 0.3 is 6.03 Å². The molecule has 2 amide bonds. The molecule has 124 valence electrons. The predicted molar refractivity (Wildman–Crippen MR) is 94.9 cm³/mol. The molecule has 0 saturated carbocycles. The number of carbonyl (C=O) groups is 1. The minimum absolute atomic E-state index is 0.0285. The number of nitrogens with one attached hydrogen (secondary N) is 1. The second kappa shape index (κ2) is 7.27. The van der Waals surface area contributed by atoms with Gasteiger partial charge in [-0.1, -0.05) is 12.1 Å². The lowest BCUT2D eigenvalue weighted by atomic mass is 10.3. The third-order valence-corrected chi connectivity index (χ3v) is 5.68. The topological polar surface area (TPSA) is 48.5 Å². The molecule has 5 nitrogen and oxygen atoms in total. The Morgan fingerprint density at radius 2 is 2.13 bits per heavy atom. The normalized spacial score (nSPS) is 16.6. The van der Waals surface area contributed by atoms with Crippen molar-refractivity contribution in [2.45, 2.75) is 25.8 Å². The van der Waals surface area contributed by atoms with Gasteiger partial charge in [-0.3, -0.25) is 0 Å². The lowest BCUT2D eigenvalue weighted by Crippen LogP contribution is -2.41. The zero-order valence-corrected chi connectivity index (χ0v) is 14.6. The second-order valence-corrected chi connectivity index (χ2v) is 7.15. The van der Waals surface area contributed by atoms with Crippen molar-refractivity contribution in [1.82, 2.24) is 20.1 Å². The summed E-state index contributed by atoms with van der Waals surface area (Å²) in [5.74, 6) is 0. The summed E-state index contributed by atoms with van der Waals surface area (Å²) in [5, 5.41) is 3.99. The van der Waals surface area contributed by atoms with Crippen molar-refractivity contribution in [3.63, 3.8) is 0 Å². The smallest absolute Gasteiger partial charge is 0.317 e. The molecule has 1 aliphatic rings. The molecule has 0 radical (unpaired) electrons. The first-order valence-electron chi connectivity index (χ1n) is 8.23. The third kappa shape index (κ3) is 3.82. The number of hydrogen-bond acceptors (Lipinski definition) is 4. The number of urea groups is 1. The maximum Gasteiger partial charge on any atom is 0.317 e. The van der Waals surface area contributed by atoms with E-state index in [-0.39, 0.29) is 12.1 Å². The van der Waals surface area contributed by atoms with Crippen LogP contribution in [0.4, 0.5) is 4.79 Å². The van der Waals surface area contributed by atoms with Gasteiger partial charge in [0.1, 0.15) is 5.01 Å². The number of benzene rings is 1. The Hall–Kier alpha value is -1.66. The van der Waals surface area contributed by atoms with Gasteiger partial charge in [0.2, 0.25) is 0 Å². The number of thiazole rings is 1. The van der Waals surface area contributed by atoms with Gasteiger partial charge in [-0.05, 0) is 45.0 Å². The van der Waals surface area contributed by atoms with E-state index in [9.17, 15) is 4.79 Å². The van der Waals surface area contributed by atoms with E-state index in [4.69, 9.17) is 0 Å². The molecule has 6 heteroatoms. The molecule has 3 rings (SSSR count). The molecule has 1 aliphatic heterocycles. The van der Waals surface area contributed by atoms with Crippen molar-refractivity contribution in [2.75, 3.05) is 33.2 Å². The van der Waals surface area contributed by atoms with Crippen LogP contribution in [0.25, 0.3) is 10.2 Å². The fourth-order valence-corrected chi connectivity index (χ4v) is 3.92. The summed E-state index contributed by atoms with van der Waals surface area (Å²) in [4.78, 5) is 21.1. The zero-order valence-electron chi connectivity index (χ0n) is 13.8. The summed E-state index contributed by atoms with van der Waals surface area (Å²) >= 11 is 1.65. The summed E-state index contributed by atoms with van der Waals surface area (Å²) in [7, 11) is 1.84. The summed E-state index contributed by atoms with van der Waals surface area (Å²) in [5.41, 5.74) is 1.00. The van der Waals surface area contributed by atoms with Crippen molar-refractivity contribution < 1.29 is 4.79 Å². The molecule has 1 atom stereocenters. The van der Waals surface area contributed by atoms with Gasteiger partial charge in [-0.25, -0.2) is 9.78 Å². The van der Waals surface area contributed by atoms with Crippen LogP contribution >= 0.6 is 11.3 Å². The average Bonchev–Trinajstić information content (AvgIpc) is 3.22.